The molecular weight excluding hydrogens is 704 g/mol. The number of ether oxygens (including phenoxy) is 7. The molecule has 0 bridgehead atoms. The monoisotopic (exact) mass is 750 g/mol. The minimum Gasteiger partial charge on any atom is -0.465 e. The van der Waals surface area contributed by atoms with E-state index in [1.165, 1.54) is 20.8 Å². The van der Waals surface area contributed by atoms with Crippen LogP contribution in [0, 0.1) is 10.8 Å². The van der Waals surface area contributed by atoms with Crippen molar-refractivity contribution < 1.29 is 87.1 Å². The van der Waals surface area contributed by atoms with Crippen molar-refractivity contribution in [3.8, 4) is 0 Å². The Morgan fingerprint density at radius 1 is 0.531 bits per heavy atom. The Morgan fingerprint density at radius 3 is 1.27 bits per heavy atom. The van der Waals surface area contributed by atoms with Gasteiger partial charge >= 0.3 is 29.8 Å². The Bertz CT molecular complexity index is 1190. The standard InChI is InChI=1S/C28H46O19S2/c1-7-12-23(31)27(24(32)41-8-2,15-39-19-44-21(5)29)17-46-48(35,36)13-11-14-49(37,38)47-18-28(25(33)42-9-3,26(34)43-10-4)16-40-20-45-22(6)30/h7-20H2,1-6H3. The molecule has 0 aliphatic rings. The summed E-state index contributed by atoms with van der Waals surface area (Å²) < 4.78 is 95.3. The molecule has 0 aromatic heterocycles. The van der Waals surface area contributed by atoms with E-state index in [1.807, 2.05) is 0 Å². The van der Waals surface area contributed by atoms with Gasteiger partial charge in [0.1, 0.15) is 0 Å². The van der Waals surface area contributed by atoms with E-state index in [1.54, 1.807) is 6.92 Å². The maximum atomic E-state index is 13.1. The fourth-order valence-electron chi connectivity index (χ4n) is 3.66. The molecule has 0 aromatic carbocycles. The van der Waals surface area contributed by atoms with Crippen molar-refractivity contribution in [2.75, 3.05) is 71.3 Å². The SMILES string of the molecule is CCCC(=O)C(COCOC(C)=O)(COS(=O)(=O)CCCS(=O)(=O)OCC(COCOC(C)=O)(C(=O)OCC)C(=O)OCC)C(=O)OCC. The first kappa shape index (κ1) is 45.8. The molecule has 0 aliphatic carbocycles. The molecule has 0 N–H and O–H groups in total. The molecule has 0 fully saturated rings. The van der Waals surface area contributed by atoms with Gasteiger partial charge in [0.25, 0.3) is 20.2 Å². The normalized spacial score (nSPS) is 13.1. The van der Waals surface area contributed by atoms with Gasteiger partial charge in [-0.1, -0.05) is 6.92 Å². The first-order valence-electron chi connectivity index (χ1n) is 15.1. The highest BCUT2D eigenvalue weighted by Gasteiger charge is 2.51. The first-order chi connectivity index (χ1) is 22.9. The van der Waals surface area contributed by atoms with E-state index in [-0.39, 0.29) is 32.7 Å². The predicted octanol–water partition coefficient (Wildman–Crippen LogP) is 0.175. The minimum absolute atomic E-state index is 0.180. The molecule has 0 spiro atoms. The molecule has 0 amide bonds. The minimum atomic E-state index is -4.65. The van der Waals surface area contributed by atoms with Crippen LogP contribution in [0.5, 0.6) is 0 Å². The number of esters is 5. The Morgan fingerprint density at radius 2 is 0.898 bits per heavy atom. The number of rotatable bonds is 27. The van der Waals surface area contributed by atoms with Gasteiger partial charge in [0.05, 0.1) is 57.8 Å². The van der Waals surface area contributed by atoms with Crippen LogP contribution in [-0.2, 0) is 90.5 Å². The van der Waals surface area contributed by atoms with Crippen molar-refractivity contribution in [3.05, 3.63) is 0 Å². The van der Waals surface area contributed by atoms with Crippen LogP contribution in [0.3, 0.4) is 0 Å². The molecule has 0 saturated carbocycles. The van der Waals surface area contributed by atoms with E-state index in [4.69, 9.17) is 32.1 Å². The van der Waals surface area contributed by atoms with Crippen LogP contribution in [0.2, 0.25) is 0 Å². The van der Waals surface area contributed by atoms with E-state index < -0.39 is 125 Å². The van der Waals surface area contributed by atoms with Gasteiger partial charge in [0, 0.05) is 20.3 Å². The molecule has 49 heavy (non-hydrogen) atoms. The van der Waals surface area contributed by atoms with Crippen LogP contribution in [0.1, 0.15) is 60.8 Å². The zero-order chi connectivity index (χ0) is 37.7. The molecule has 0 rings (SSSR count). The second-order valence-corrected chi connectivity index (χ2v) is 13.6. The molecule has 21 heteroatoms. The van der Waals surface area contributed by atoms with Crippen LogP contribution in [0.25, 0.3) is 0 Å². The molecule has 0 heterocycles. The van der Waals surface area contributed by atoms with Crippen LogP contribution in [-0.4, -0.2) is 124 Å². The summed E-state index contributed by atoms with van der Waals surface area (Å²) in [6.45, 7) is 2.19. The summed E-state index contributed by atoms with van der Waals surface area (Å²) >= 11 is 0. The summed E-state index contributed by atoms with van der Waals surface area (Å²) in [5.41, 5.74) is -4.75. The van der Waals surface area contributed by atoms with Crippen molar-refractivity contribution in [3.63, 3.8) is 0 Å². The molecule has 0 saturated heterocycles. The average Bonchev–Trinajstić information content (AvgIpc) is 3.00. The van der Waals surface area contributed by atoms with E-state index in [9.17, 15) is 45.6 Å². The zero-order valence-corrected chi connectivity index (χ0v) is 30.1. The van der Waals surface area contributed by atoms with Crippen LogP contribution in [0.15, 0.2) is 0 Å². The largest absolute Gasteiger partial charge is 0.465 e. The van der Waals surface area contributed by atoms with Gasteiger partial charge < -0.3 is 33.2 Å². The molecule has 0 radical (unpaired) electrons. The second-order valence-electron chi connectivity index (χ2n) is 10.1. The zero-order valence-electron chi connectivity index (χ0n) is 28.5. The van der Waals surface area contributed by atoms with E-state index >= 15 is 0 Å². The average molecular weight is 751 g/mol. The highest BCUT2D eigenvalue weighted by Crippen LogP contribution is 2.27. The van der Waals surface area contributed by atoms with Gasteiger partial charge in [-0.2, -0.15) is 16.8 Å². The van der Waals surface area contributed by atoms with Crippen LogP contribution < -0.4 is 0 Å². The highest BCUT2D eigenvalue weighted by molar-refractivity contribution is 7.87. The Hall–Kier alpha value is -3.24. The summed E-state index contributed by atoms with van der Waals surface area (Å²) in [6.07, 6.45) is -0.569. The lowest BCUT2D eigenvalue weighted by Gasteiger charge is -2.29. The summed E-state index contributed by atoms with van der Waals surface area (Å²) in [5.74, 6) is -7.82. The van der Waals surface area contributed by atoms with Crippen molar-refractivity contribution in [2.45, 2.75) is 60.8 Å². The maximum absolute atomic E-state index is 13.1. The van der Waals surface area contributed by atoms with Crippen molar-refractivity contribution in [1.29, 1.82) is 0 Å². The lowest BCUT2D eigenvalue weighted by atomic mass is 9.83. The highest BCUT2D eigenvalue weighted by atomic mass is 32.2. The Balaban J connectivity index is 5.84. The van der Waals surface area contributed by atoms with Gasteiger partial charge in [-0.25, -0.2) is 0 Å². The smallest absolute Gasteiger partial charge is 0.328 e. The van der Waals surface area contributed by atoms with Crippen molar-refractivity contribution in [1.82, 2.24) is 0 Å². The van der Waals surface area contributed by atoms with Gasteiger partial charge in [-0.05, 0) is 33.6 Å². The maximum Gasteiger partial charge on any atom is 0.328 e. The third kappa shape index (κ3) is 16.3. The number of hydrogen-bond acceptors (Lipinski definition) is 19. The lowest BCUT2D eigenvalue weighted by molar-refractivity contribution is -0.185. The van der Waals surface area contributed by atoms with Gasteiger partial charge in [0.2, 0.25) is 5.41 Å². The quantitative estimate of drug-likeness (QED) is 0.0271. The van der Waals surface area contributed by atoms with E-state index in [0.717, 1.165) is 13.8 Å². The Kier molecular flexibility index (Phi) is 21.0. The number of carbonyl (C=O) groups is 6. The predicted molar refractivity (Wildman–Crippen MR) is 164 cm³/mol. The molecule has 19 nitrogen and oxygen atoms in total. The number of ketones is 1. The molecule has 1 atom stereocenters. The van der Waals surface area contributed by atoms with Gasteiger partial charge in [0.15, 0.2) is 24.8 Å². The number of Topliss-reactive ketones (excluding diaryl/α,β-unsaturated/α-hetero) is 1. The molecule has 284 valence electrons. The van der Waals surface area contributed by atoms with Crippen molar-refractivity contribution >= 4 is 55.9 Å². The second kappa shape index (κ2) is 22.5. The fraction of sp³-hybridized carbons (Fsp3) is 0.786. The van der Waals surface area contributed by atoms with Crippen molar-refractivity contribution in [2.24, 2.45) is 10.8 Å². The van der Waals surface area contributed by atoms with Gasteiger partial charge in [-0.3, -0.25) is 37.1 Å². The molecular formula is C28H46O19S2. The van der Waals surface area contributed by atoms with E-state index in [0.29, 0.717) is 0 Å². The lowest BCUT2D eigenvalue weighted by Crippen LogP contribution is -2.50. The number of carbonyl (C=O) groups excluding carboxylic acids is 6. The summed E-state index contributed by atoms with van der Waals surface area (Å²) in [7, 11) is -9.27. The molecule has 0 aromatic rings. The molecule has 0 aliphatic heterocycles. The number of hydrogen-bond donors (Lipinski definition) is 0. The summed E-state index contributed by atoms with van der Waals surface area (Å²) in [6, 6.07) is 0. The first-order valence-corrected chi connectivity index (χ1v) is 18.2. The molecule has 1 unspecified atom stereocenters. The van der Waals surface area contributed by atoms with E-state index in [2.05, 4.69) is 9.47 Å². The van der Waals surface area contributed by atoms with Crippen LogP contribution in [0.4, 0.5) is 0 Å². The summed E-state index contributed by atoms with van der Waals surface area (Å²) in [5, 5.41) is 0. The fourth-order valence-corrected chi connectivity index (χ4v) is 5.84. The topological polar surface area (TPSA) is 254 Å². The third-order valence-electron chi connectivity index (χ3n) is 6.16. The third-order valence-corrected chi connectivity index (χ3v) is 8.69. The Labute approximate surface area is 285 Å². The summed E-state index contributed by atoms with van der Waals surface area (Å²) in [4.78, 5) is 73.8. The van der Waals surface area contributed by atoms with Gasteiger partial charge in [-0.15, -0.1) is 0 Å². The van der Waals surface area contributed by atoms with Crippen LogP contribution >= 0.6 is 0 Å².